The summed E-state index contributed by atoms with van der Waals surface area (Å²) in [4.78, 5) is 13.4. The highest BCUT2D eigenvalue weighted by Crippen LogP contribution is 2.36. The summed E-state index contributed by atoms with van der Waals surface area (Å²) in [5, 5.41) is 9.06. The summed E-state index contributed by atoms with van der Waals surface area (Å²) >= 11 is 0. The lowest BCUT2D eigenvalue weighted by molar-refractivity contribution is 0.00578. The van der Waals surface area contributed by atoms with Crippen LogP contribution in [0.2, 0.25) is 0 Å². The van der Waals surface area contributed by atoms with E-state index < -0.39 is 7.12 Å². The van der Waals surface area contributed by atoms with E-state index in [2.05, 4.69) is 19.8 Å². The largest absolute Gasteiger partial charge is 0.498 e. The van der Waals surface area contributed by atoms with Crippen LogP contribution in [0.25, 0.3) is 0 Å². The molecule has 8 heteroatoms. The zero-order valence-corrected chi connectivity index (χ0v) is 16.6. The Labute approximate surface area is 156 Å². The van der Waals surface area contributed by atoms with Gasteiger partial charge in [0.1, 0.15) is 0 Å². The van der Waals surface area contributed by atoms with Crippen molar-refractivity contribution in [1.82, 2.24) is 14.9 Å². The molecule has 1 aromatic rings. The standard InChI is InChI=1S/C18H31BN4O3/c1-17(2)18(3,4)26-19(25-17)15-10-20-16(21-11-15)22(5)12-14-6-7-23(13-14)8-9-24/h10-11,14,24H,6-9,12-13H2,1-5H3. The maximum absolute atomic E-state index is 9.06. The second kappa shape index (κ2) is 7.42. The van der Waals surface area contributed by atoms with Crippen molar-refractivity contribution in [3.05, 3.63) is 12.4 Å². The molecule has 2 saturated heterocycles. The van der Waals surface area contributed by atoms with Crippen molar-refractivity contribution in [2.24, 2.45) is 5.92 Å². The second-order valence-electron chi connectivity index (χ2n) is 8.46. The van der Waals surface area contributed by atoms with E-state index in [1.807, 2.05) is 34.7 Å². The first kappa shape index (κ1) is 19.5. The van der Waals surface area contributed by atoms with Crippen LogP contribution in [0.5, 0.6) is 0 Å². The SMILES string of the molecule is CN(CC1CCN(CCO)C1)c1ncc(B2OC(C)(C)C(C)(C)O2)cn1. The summed E-state index contributed by atoms with van der Waals surface area (Å²) in [6.07, 6.45) is 4.75. The van der Waals surface area contributed by atoms with Crippen molar-refractivity contribution in [2.45, 2.75) is 45.3 Å². The Morgan fingerprint density at radius 2 is 1.85 bits per heavy atom. The molecule has 1 aromatic heterocycles. The van der Waals surface area contributed by atoms with Gasteiger partial charge in [0.25, 0.3) is 0 Å². The average Bonchev–Trinajstić information content (AvgIpc) is 3.09. The van der Waals surface area contributed by atoms with Gasteiger partial charge < -0.3 is 24.2 Å². The van der Waals surface area contributed by atoms with E-state index in [0.29, 0.717) is 11.9 Å². The lowest BCUT2D eigenvalue weighted by atomic mass is 9.81. The van der Waals surface area contributed by atoms with E-state index in [1.165, 1.54) is 0 Å². The third-order valence-corrected chi connectivity index (χ3v) is 5.84. The summed E-state index contributed by atoms with van der Waals surface area (Å²) in [5.41, 5.74) is 0.113. The van der Waals surface area contributed by atoms with Gasteiger partial charge in [0.2, 0.25) is 5.95 Å². The first-order valence-corrected chi connectivity index (χ1v) is 9.44. The molecule has 0 amide bonds. The Kier molecular flexibility index (Phi) is 5.58. The number of aromatic nitrogens is 2. The number of likely N-dealkylation sites (tertiary alicyclic amines) is 1. The number of aliphatic hydroxyl groups excluding tert-OH is 1. The molecule has 0 bridgehead atoms. The average molecular weight is 362 g/mol. The van der Waals surface area contributed by atoms with Gasteiger partial charge in [-0.25, -0.2) is 9.97 Å². The van der Waals surface area contributed by atoms with Gasteiger partial charge in [0, 0.05) is 44.5 Å². The Morgan fingerprint density at radius 1 is 1.23 bits per heavy atom. The monoisotopic (exact) mass is 362 g/mol. The lowest BCUT2D eigenvalue weighted by Crippen LogP contribution is -2.41. The first-order chi connectivity index (χ1) is 12.2. The topological polar surface area (TPSA) is 71.0 Å². The summed E-state index contributed by atoms with van der Waals surface area (Å²) in [5.74, 6) is 1.30. The molecule has 1 N–H and O–H groups in total. The highest BCUT2D eigenvalue weighted by Gasteiger charge is 2.52. The smallest absolute Gasteiger partial charge is 0.399 e. The molecule has 2 fully saturated rings. The lowest BCUT2D eigenvalue weighted by Gasteiger charge is -2.32. The highest BCUT2D eigenvalue weighted by molar-refractivity contribution is 6.61. The Hall–Kier alpha value is -1.22. The Morgan fingerprint density at radius 3 is 2.42 bits per heavy atom. The minimum absolute atomic E-state index is 0.228. The van der Waals surface area contributed by atoms with Crippen LogP contribution in [0.15, 0.2) is 12.4 Å². The van der Waals surface area contributed by atoms with E-state index in [-0.39, 0.29) is 17.8 Å². The van der Waals surface area contributed by atoms with Crippen molar-refractivity contribution >= 4 is 18.5 Å². The summed E-state index contributed by atoms with van der Waals surface area (Å²) < 4.78 is 12.1. The molecule has 0 saturated carbocycles. The van der Waals surface area contributed by atoms with Crippen LogP contribution in [0.1, 0.15) is 34.1 Å². The van der Waals surface area contributed by atoms with Gasteiger partial charge in [-0.1, -0.05) is 0 Å². The van der Waals surface area contributed by atoms with Crippen LogP contribution in [-0.2, 0) is 9.31 Å². The fourth-order valence-electron chi connectivity index (χ4n) is 3.50. The molecule has 1 unspecified atom stereocenters. The minimum Gasteiger partial charge on any atom is -0.399 e. The molecular formula is C18H31BN4O3. The third kappa shape index (κ3) is 4.03. The van der Waals surface area contributed by atoms with Crippen LogP contribution in [0.4, 0.5) is 5.95 Å². The summed E-state index contributed by atoms with van der Waals surface area (Å²) in [6.45, 7) is 12.1. The Bertz CT molecular complexity index is 595. The number of aliphatic hydroxyl groups is 1. The molecule has 3 heterocycles. The van der Waals surface area contributed by atoms with Crippen molar-refractivity contribution in [3.8, 4) is 0 Å². The molecular weight excluding hydrogens is 331 g/mol. The van der Waals surface area contributed by atoms with Gasteiger partial charge in [-0.05, 0) is 46.6 Å². The van der Waals surface area contributed by atoms with E-state index in [0.717, 1.165) is 38.1 Å². The summed E-state index contributed by atoms with van der Waals surface area (Å²) in [6, 6.07) is 0. The maximum Gasteiger partial charge on any atom is 0.498 e. The van der Waals surface area contributed by atoms with E-state index in [1.54, 1.807) is 12.4 Å². The first-order valence-electron chi connectivity index (χ1n) is 9.44. The van der Waals surface area contributed by atoms with Crippen LogP contribution >= 0.6 is 0 Å². The van der Waals surface area contributed by atoms with E-state index in [4.69, 9.17) is 14.4 Å². The van der Waals surface area contributed by atoms with Gasteiger partial charge in [-0.3, -0.25) is 0 Å². The number of hydrogen-bond acceptors (Lipinski definition) is 7. The van der Waals surface area contributed by atoms with Crippen LogP contribution in [-0.4, -0.2) is 78.1 Å². The number of hydrogen-bond donors (Lipinski definition) is 1. The van der Waals surface area contributed by atoms with Gasteiger partial charge in [0.15, 0.2) is 0 Å². The molecule has 0 spiro atoms. The summed E-state index contributed by atoms with van der Waals surface area (Å²) in [7, 11) is 1.60. The molecule has 2 aliphatic heterocycles. The zero-order chi connectivity index (χ0) is 18.9. The molecule has 0 aliphatic carbocycles. The quantitative estimate of drug-likeness (QED) is 0.740. The molecule has 144 valence electrons. The normalized spacial score (nSPS) is 25.0. The van der Waals surface area contributed by atoms with Crippen LogP contribution < -0.4 is 10.4 Å². The molecule has 2 aliphatic rings. The Balaban J connectivity index is 1.58. The minimum atomic E-state index is -0.429. The zero-order valence-electron chi connectivity index (χ0n) is 16.6. The number of rotatable bonds is 6. The van der Waals surface area contributed by atoms with Crippen molar-refractivity contribution in [2.75, 3.05) is 44.7 Å². The number of β-amino-alcohol motifs (C(OH)–C–C–N with tert-alkyl or cyclic N) is 1. The third-order valence-electron chi connectivity index (χ3n) is 5.84. The molecule has 3 rings (SSSR count). The van der Waals surface area contributed by atoms with Crippen LogP contribution in [0.3, 0.4) is 0 Å². The fraction of sp³-hybridized carbons (Fsp3) is 0.778. The molecule has 1 atom stereocenters. The van der Waals surface area contributed by atoms with Crippen molar-refractivity contribution in [3.63, 3.8) is 0 Å². The fourth-order valence-corrected chi connectivity index (χ4v) is 3.50. The maximum atomic E-state index is 9.06. The van der Waals surface area contributed by atoms with Gasteiger partial charge in [0.05, 0.1) is 17.8 Å². The number of anilines is 1. The van der Waals surface area contributed by atoms with E-state index in [9.17, 15) is 0 Å². The molecule has 26 heavy (non-hydrogen) atoms. The van der Waals surface area contributed by atoms with Gasteiger partial charge in [-0.15, -0.1) is 0 Å². The number of nitrogens with zero attached hydrogens (tertiary/aromatic N) is 4. The van der Waals surface area contributed by atoms with Crippen molar-refractivity contribution in [1.29, 1.82) is 0 Å². The molecule has 0 aromatic carbocycles. The molecule has 7 nitrogen and oxygen atoms in total. The van der Waals surface area contributed by atoms with Crippen molar-refractivity contribution < 1.29 is 14.4 Å². The second-order valence-corrected chi connectivity index (χ2v) is 8.46. The van der Waals surface area contributed by atoms with Crippen LogP contribution in [0, 0.1) is 5.92 Å². The van der Waals surface area contributed by atoms with Gasteiger partial charge >= 0.3 is 7.12 Å². The predicted molar refractivity (Wildman–Crippen MR) is 103 cm³/mol. The predicted octanol–water partition coefficient (Wildman–Crippen LogP) is 0.526. The van der Waals surface area contributed by atoms with E-state index >= 15 is 0 Å². The highest BCUT2D eigenvalue weighted by atomic mass is 16.7. The van der Waals surface area contributed by atoms with Gasteiger partial charge in [-0.2, -0.15) is 0 Å². The molecule has 0 radical (unpaired) electrons.